The van der Waals surface area contributed by atoms with Gasteiger partial charge >= 0.3 is 0 Å². The summed E-state index contributed by atoms with van der Waals surface area (Å²) in [7, 11) is 4.55. The SMILES string of the molecule is COc1cc(C(=O)NCCOc2c(C)ccc(C)c2C)cc(OC)c1OC. The first-order valence-corrected chi connectivity index (χ1v) is 8.70. The second kappa shape index (κ2) is 9.16. The Morgan fingerprint density at radius 2 is 1.48 bits per heavy atom. The molecule has 27 heavy (non-hydrogen) atoms. The van der Waals surface area contributed by atoms with E-state index in [2.05, 4.69) is 11.4 Å². The molecule has 2 aromatic carbocycles. The van der Waals surface area contributed by atoms with Crippen molar-refractivity contribution >= 4 is 5.91 Å². The Labute approximate surface area is 160 Å². The van der Waals surface area contributed by atoms with Crippen LogP contribution in [0.1, 0.15) is 27.0 Å². The Hall–Kier alpha value is -2.89. The Balaban J connectivity index is 2.01. The van der Waals surface area contributed by atoms with Crippen LogP contribution in [-0.4, -0.2) is 40.4 Å². The normalized spacial score (nSPS) is 10.3. The highest BCUT2D eigenvalue weighted by Crippen LogP contribution is 2.38. The number of hydrogen-bond acceptors (Lipinski definition) is 5. The quantitative estimate of drug-likeness (QED) is 0.718. The summed E-state index contributed by atoms with van der Waals surface area (Å²) < 4.78 is 21.7. The minimum atomic E-state index is -0.240. The molecule has 0 saturated heterocycles. The molecule has 0 spiro atoms. The molecule has 0 unspecified atom stereocenters. The van der Waals surface area contributed by atoms with Crippen molar-refractivity contribution in [2.24, 2.45) is 0 Å². The summed E-state index contributed by atoms with van der Waals surface area (Å²) in [4.78, 5) is 12.5. The van der Waals surface area contributed by atoms with Crippen molar-refractivity contribution in [2.45, 2.75) is 20.8 Å². The topological polar surface area (TPSA) is 66.0 Å². The molecule has 1 N–H and O–H groups in total. The lowest BCUT2D eigenvalue weighted by Gasteiger charge is -2.15. The number of carbonyl (C=O) groups excluding carboxylic acids is 1. The largest absolute Gasteiger partial charge is 0.493 e. The maximum Gasteiger partial charge on any atom is 0.251 e. The molecule has 6 heteroatoms. The number of benzene rings is 2. The highest BCUT2D eigenvalue weighted by molar-refractivity contribution is 5.95. The second-order valence-electron chi connectivity index (χ2n) is 6.17. The van der Waals surface area contributed by atoms with Crippen LogP contribution in [0.5, 0.6) is 23.0 Å². The Kier molecular flexibility index (Phi) is 6.93. The molecule has 0 aliphatic rings. The zero-order valence-corrected chi connectivity index (χ0v) is 16.8. The van der Waals surface area contributed by atoms with Crippen LogP contribution in [0.4, 0.5) is 0 Å². The molecule has 0 aromatic heterocycles. The molecule has 2 rings (SSSR count). The zero-order chi connectivity index (χ0) is 20.0. The van der Waals surface area contributed by atoms with E-state index in [0.717, 1.165) is 16.9 Å². The number of nitrogens with one attached hydrogen (secondary N) is 1. The fourth-order valence-corrected chi connectivity index (χ4v) is 2.78. The van der Waals surface area contributed by atoms with Crippen molar-refractivity contribution in [3.8, 4) is 23.0 Å². The molecule has 1 amide bonds. The van der Waals surface area contributed by atoms with Crippen molar-refractivity contribution in [3.63, 3.8) is 0 Å². The number of hydrogen-bond donors (Lipinski definition) is 1. The molecule has 0 aliphatic heterocycles. The van der Waals surface area contributed by atoms with E-state index in [9.17, 15) is 4.79 Å². The number of ether oxygens (including phenoxy) is 4. The summed E-state index contributed by atoms with van der Waals surface area (Å²) in [6, 6.07) is 7.34. The fraction of sp³-hybridized carbons (Fsp3) is 0.381. The van der Waals surface area contributed by atoms with Gasteiger partial charge in [0.05, 0.1) is 27.9 Å². The van der Waals surface area contributed by atoms with Crippen molar-refractivity contribution in [1.82, 2.24) is 5.32 Å². The number of carbonyl (C=O) groups is 1. The van der Waals surface area contributed by atoms with Gasteiger partial charge < -0.3 is 24.3 Å². The molecule has 2 aromatic rings. The third kappa shape index (κ3) is 4.64. The third-order valence-corrected chi connectivity index (χ3v) is 4.43. The molecule has 0 bridgehead atoms. The van der Waals surface area contributed by atoms with Crippen LogP contribution in [0.2, 0.25) is 0 Å². The lowest BCUT2D eigenvalue weighted by atomic mass is 10.1. The van der Waals surface area contributed by atoms with E-state index in [-0.39, 0.29) is 5.91 Å². The first-order valence-electron chi connectivity index (χ1n) is 8.70. The van der Waals surface area contributed by atoms with Crippen LogP contribution in [-0.2, 0) is 0 Å². The van der Waals surface area contributed by atoms with Crippen LogP contribution in [0.15, 0.2) is 24.3 Å². The van der Waals surface area contributed by atoms with Crippen molar-refractivity contribution < 1.29 is 23.7 Å². The molecule has 0 aliphatic carbocycles. The fourth-order valence-electron chi connectivity index (χ4n) is 2.78. The van der Waals surface area contributed by atoms with E-state index in [4.69, 9.17) is 18.9 Å². The Morgan fingerprint density at radius 1 is 0.889 bits per heavy atom. The molecule has 0 saturated carbocycles. The van der Waals surface area contributed by atoms with Gasteiger partial charge in [-0.3, -0.25) is 4.79 Å². The molecule has 6 nitrogen and oxygen atoms in total. The summed E-state index contributed by atoms with van der Waals surface area (Å²) in [5, 5.41) is 2.85. The van der Waals surface area contributed by atoms with Gasteiger partial charge in [-0.05, 0) is 49.6 Å². The van der Waals surface area contributed by atoms with Gasteiger partial charge in [0.25, 0.3) is 5.91 Å². The van der Waals surface area contributed by atoms with Crippen molar-refractivity contribution in [2.75, 3.05) is 34.5 Å². The number of rotatable bonds is 8. The highest BCUT2D eigenvalue weighted by Gasteiger charge is 2.17. The van der Waals surface area contributed by atoms with Crippen molar-refractivity contribution in [3.05, 3.63) is 46.5 Å². The molecule has 0 atom stereocenters. The van der Waals surface area contributed by atoms with Crippen LogP contribution >= 0.6 is 0 Å². The van der Waals surface area contributed by atoms with Gasteiger partial charge in [-0.1, -0.05) is 12.1 Å². The molecule has 146 valence electrons. The average Bonchev–Trinajstić information content (AvgIpc) is 2.68. The maximum atomic E-state index is 12.5. The lowest BCUT2D eigenvalue weighted by Crippen LogP contribution is -2.28. The zero-order valence-electron chi connectivity index (χ0n) is 16.8. The molecule has 0 heterocycles. The van der Waals surface area contributed by atoms with Crippen molar-refractivity contribution in [1.29, 1.82) is 0 Å². The average molecular weight is 373 g/mol. The maximum absolute atomic E-state index is 12.5. The van der Waals surface area contributed by atoms with Crippen LogP contribution in [0.3, 0.4) is 0 Å². The monoisotopic (exact) mass is 373 g/mol. The summed E-state index contributed by atoms with van der Waals surface area (Å²) in [6.07, 6.45) is 0. The molecular weight excluding hydrogens is 346 g/mol. The van der Waals surface area contributed by atoms with Gasteiger partial charge in [0.15, 0.2) is 11.5 Å². The first-order chi connectivity index (χ1) is 12.9. The number of aryl methyl sites for hydroxylation is 2. The van der Waals surface area contributed by atoms with Crippen LogP contribution in [0.25, 0.3) is 0 Å². The summed E-state index contributed by atoms with van der Waals surface area (Å²) in [5.74, 6) is 1.95. The van der Waals surface area contributed by atoms with E-state index in [0.29, 0.717) is 36.0 Å². The summed E-state index contributed by atoms with van der Waals surface area (Å²) in [6.45, 7) is 6.85. The smallest absolute Gasteiger partial charge is 0.251 e. The minimum absolute atomic E-state index is 0.240. The van der Waals surface area contributed by atoms with Gasteiger partial charge in [-0.2, -0.15) is 0 Å². The minimum Gasteiger partial charge on any atom is -0.493 e. The van der Waals surface area contributed by atoms with Gasteiger partial charge in [0, 0.05) is 5.56 Å². The Morgan fingerprint density at radius 3 is 2.04 bits per heavy atom. The standard InChI is InChI=1S/C21H27NO5/c1-13-7-8-14(2)19(15(13)3)27-10-9-22-21(23)16-11-17(24-4)20(26-6)18(12-16)25-5/h7-8,11-12H,9-10H2,1-6H3,(H,22,23). The first kappa shape index (κ1) is 20.4. The van der Waals surface area contributed by atoms with E-state index in [1.807, 2.05) is 26.8 Å². The predicted octanol–water partition coefficient (Wildman–Crippen LogP) is 3.45. The predicted molar refractivity (Wildman–Crippen MR) is 105 cm³/mol. The number of amides is 1. The Bertz CT molecular complexity index is 791. The van der Waals surface area contributed by atoms with Gasteiger partial charge in [0.2, 0.25) is 5.75 Å². The van der Waals surface area contributed by atoms with Gasteiger partial charge in [-0.25, -0.2) is 0 Å². The van der Waals surface area contributed by atoms with E-state index in [1.165, 1.54) is 26.9 Å². The number of methoxy groups -OCH3 is 3. The second-order valence-corrected chi connectivity index (χ2v) is 6.17. The van der Waals surface area contributed by atoms with Crippen LogP contribution < -0.4 is 24.3 Å². The molecular formula is C21H27NO5. The third-order valence-electron chi connectivity index (χ3n) is 4.43. The summed E-state index contributed by atoms with van der Waals surface area (Å²) >= 11 is 0. The molecule has 0 fully saturated rings. The van der Waals surface area contributed by atoms with E-state index < -0.39 is 0 Å². The molecule has 0 radical (unpaired) electrons. The lowest BCUT2D eigenvalue weighted by molar-refractivity contribution is 0.0946. The highest BCUT2D eigenvalue weighted by atomic mass is 16.5. The van der Waals surface area contributed by atoms with Crippen LogP contribution in [0, 0.1) is 20.8 Å². The van der Waals surface area contributed by atoms with Gasteiger partial charge in [0.1, 0.15) is 12.4 Å². The van der Waals surface area contributed by atoms with Gasteiger partial charge in [-0.15, -0.1) is 0 Å². The van der Waals surface area contributed by atoms with E-state index in [1.54, 1.807) is 12.1 Å². The van der Waals surface area contributed by atoms with E-state index >= 15 is 0 Å². The summed E-state index contributed by atoms with van der Waals surface area (Å²) in [5.41, 5.74) is 3.80.